The zero-order valence-electron chi connectivity index (χ0n) is 18.6. The van der Waals surface area contributed by atoms with Crippen LogP contribution in [-0.2, 0) is 9.47 Å². The molecular weight excluding hydrogens is 436 g/mol. The SMILES string of the molecule is CC1(CCCN2CC[C@@H](CNC(=O)c3cc(Cl)cc4c3OCCCO4)C(O)C2)OCCO1. The van der Waals surface area contributed by atoms with Crippen LogP contribution in [0.2, 0.25) is 5.02 Å². The number of hydrogen-bond donors (Lipinski definition) is 2. The molecule has 0 spiro atoms. The van der Waals surface area contributed by atoms with Gasteiger partial charge in [-0.05, 0) is 38.9 Å². The maximum Gasteiger partial charge on any atom is 0.255 e. The van der Waals surface area contributed by atoms with Crippen LogP contribution in [0.5, 0.6) is 11.5 Å². The number of rotatable bonds is 7. The fourth-order valence-electron chi connectivity index (χ4n) is 4.54. The Labute approximate surface area is 194 Å². The smallest absolute Gasteiger partial charge is 0.255 e. The van der Waals surface area contributed by atoms with E-state index >= 15 is 0 Å². The lowest BCUT2D eigenvalue weighted by atomic mass is 9.93. The van der Waals surface area contributed by atoms with Crippen molar-refractivity contribution in [3.63, 3.8) is 0 Å². The summed E-state index contributed by atoms with van der Waals surface area (Å²) in [6, 6.07) is 3.27. The van der Waals surface area contributed by atoms with Crippen molar-refractivity contribution in [1.82, 2.24) is 10.2 Å². The van der Waals surface area contributed by atoms with E-state index in [1.54, 1.807) is 12.1 Å². The minimum atomic E-state index is -0.491. The van der Waals surface area contributed by atoms with Crippen molar-refractivity contribution in [2.24, 2.45) is 5.92 Å². The molecule has 2 N–H and O–H groups in total. The van der Waals surface area contributed by atoms with E-state index in [1.807, 2.05) is 6.92 Å². The molecule has 1 aromatic carbocycles. The third-order valence-electron chi connectivity index (χ3n) is 6.39. The molecule has 0 saturated carbocycles. The van der Waals surface area contributed by atoms with Gasteiger partial charge in [-0.25, -0.2) is 0 Å². The number of nitrogens with one attached hydrogen (secondary N) is 1. The third kappa shape index (κ3) is 5.85. The van der Waals surface area contributed by atoms with Gasteiger partial charge in [0.05, 0.1) is 38.1 Å². The van der Waals surface area contributed by atoms with E-state index in [-0.39, 0.29) is 11.8 Å². The minimum absolute atomic E-state index is 0.00386. The molecule has 4 rings (SSSR count). The summed E-state index contributed by atoms with van der Waals surface area (Å²) in [6.07, 6.45) is 2.87. The number of carbonyl (C=O) groups excluding carboxylic acids is 1. The molecule has 3 aliphatic heterocycles. The lowest BCUT2D eigenvalue weighted by Crippen LogP contribution is -2.48. The highest BCUT2D eigenvalue weighted by Gasteiger charge is 2.32. The molecular formula is C23H33ClN2O6. The van der Waals surface area contributed by atoms with Gasteiger partial charge in [-0.15, -0.1) is 0 Å². The zero-order valence-corrected chi connectivity index (χ0v) is 19.4. The van der Waals surface area contributed by atoms with E-state index in [4.69, 9.17) is 30.5 Å². The van der Waals surface area contributed by atoms with E-state index < -0.39 is 11.9 Å². The van der Waals surface area contributed by atoms with Crippen molar-refractivity contribution >= 4 is 17.5 Å². The molecule has 8 nitrogen and oxygen atoms in total. The van der Waals surface area contributed by atoms with Crippen molar-refractivity contribution in [3.05, 3.63) is 22.7 Å². The second kappa shape index (κ2) is 10.6. The van der Waals surface area contributed by atoms with Crippen LogP contribution in [0.3, 0.4) is 0 Å². The number of aliphatic hydroxyl groups excluding tert-OH is 1. The number of fused-ring (bicyclic) bond motifs is 1. The molecule has 2 fully saturated rings. The number of benzene rings is 1. The van der Waals surface area contributed by atoms with Crippen LogP contribution < -0.4 is 14.8 Å². The van der Waals surface area contributed by atoms with Crippen LogP contribution >= 0.6 is 11.6 Å². The van der Waals surface area contributed by atoms with Gasteiger partial charge in [0.1, 0.15) is 0 Å². The summed E-state index contributed by atoms with van der Waals surface area (Å²) in [7, 11) is 0. The van der Waals surface area contributed by atoms with E-state index in [0.717, 1.165) is 38.8 Å². The minimum Gasteiger partial charge on any atom is -0.489 e. The molecule has 0 aromatic heterocycles. The molecule has 1 amide bonds. The van der Waals surface area contributed by atoms with E-state index in [9.17, 15) is 9.90 Å². The van der Waals surface area contributed by atoms with Crippen molar-refractivity contribution < 1.29 is 28.8 Å². The Morgan fingerprint density at radius 3 is 2.81 bits per heavy atom. The number of carbonyl (C=O) groups is 1. The zero-order chi connectivity index (χ0) is 22.6. The highest BCUT2D eigenvalue weighted by Crippen LogP contribution is 2.36. The van der Waals surface area contributed by atoms with Gasteiger partial charge >= 0.3 is 0 Å². The molecule has 1 aromatic rings. The van der Waals surface area contributed by atoms with Gasteiger partial charge in [0.25, 0.3) is 5.91 Å². The normalized spacial score (nSPS) is 25.3. The first kappa shape index (κ1) is 23.6. The van der Waals surface area contributed by atoms with Crippen LogP contribution in [0.25, 0.3) is 0 Å². The summed E-state index contributed by atoms with van der Waals surface area (Å²) in [5.41, 5.74) is 0.367. The number of likely N-dealkylation sites (tertiary alicyclic amines) is 1. The molecule has 9 heteroatoms. The number of ether oxygens (including phenoxy) is 4. The monoisotopic (exact) mass is 468 g/mol. The maximum atomic E-state index is 12.9. The largest absolute Gasteiger partial charge is 0.489 e. The second-order valence-corrected chi connectivity index (χ2v) is 9.33. The molecule has 2 saturated heterocycles. The van der Waals surface area contributed by atoms with Crippen LogP contribution in [0.4, 0.5) is 0 Å². The summed E-state index contributed by atoms with van der Waals surface area (Å²) in [5, 5.41) is 14.0. The fraction of sp³-hybridized carbons (Fsp3) is 0.696. The quantitative estimate of drug-likeness (QED) is 0.635. The second-order valence-electron chi connectivity index (χ2n) is 8.89. The molecule has 0 radical (unpaired) electrons. The molecule has 178 valence electrons. The van der Waals surface area contributed by atoms with E-state index in [0.29, 0.717) is 61.6 Å². The Morgan fingerprint density at radius 1 is 1.25 bits per heavy atom. The van der Waals surface area contributed by atoms with Crippen molar-refractivity contribution in [1.29, 1.82) is 0 Å². The topological polar surface area (TPSA) is 89.5 Å². The van der Waals surface area contributed by atoms with Gasteiger partial charge in [-0.2, -0.15) is 0 Å². The van der Waals surface area contributed by atoms with Crippen molar-refractivity contribution in [3.8, 4) is 11.5 Å². The van der Waals surface area contributed by atoms with Crippen LogP contribution in [0.1, 0.15) is 43.0 Å². The first-order valence-corrected chi connectivity index (χ1v) is 11.9. The molecule has 2 atom stereocenters. The van der Waals surface area contributed by atoms with Gasteiger partial charge in [0, 0.05) is 42.9 Å². The Morgan fingerprint density at radius 2 is 2.03 bits per heavy atom. The molecule has 0 aliphatic carbocycles. The van der Waals surface area contributed by atoms with Gasteiger partial charge in [0.2, 0.25) is 0 Å². The first-order chi connectivity index (χ1) is 15.4. The Balaban J connectivity index is 1.25. The molecule has 3 aliphatic rings. The lowest BCUT2D eigenvalue weighted by Gasteiger charge is -2.36. The van der Waals surface area contributed by atoms with Crippen LogP contribution in [0, 0.1) is 5.92 Å². The number of piperidine rings is 1. The number of nitrogens with zero attached hydrogens (tertiary/aromatic N) is 1. The number of halogens is 1. The summed E-state index contributed by atoms with van der Waals surface area (Å²) < 4.78 is 22.7. The summed E-state index contributed by atoms with van der Waals surface area (Å²) >= 11 is 6.18. The van der Waals surface area contributed by atoms with Crippen molar-refractivity contribution in [2.75, 3.05) is 52.6 Å². The van der Waals surface area contributed by atoms with Crippen LogP contribution in [-0.4, -0.2) is 80.4 Å². The van der Waals surface area contributed by atoms with E-state index in [1.165, 1.54) is 0 Å². The molecule has 0 bridgehead atoms. The standard InChI is InChI=1S/C23H33ClN2O6/c1-23(31-10-11-32-23)5-2-6-26-7-4-16(19(27)15-26)14-25-22(28)18-12-17(24)13-20-21(18)30-9-3-8-29-20/h12-13,16,19,27H,2-11,14-15H2,1H3,(H,25,28)/t16-,19?/m0/s1. The fourth-order valence-corrected chi connectivity index (χ4v) is 4.75. The summed E-state index contributed by atoms with van der Waals surface area (Å²) in [5.74, 6) is 0.200. The number of β-amino-alcohol motifs (C(OH)–C–C–N with tert-alkyl or cyclic N) is 1. The Bertz CT molecular complexity index is 801. The van der Waals surface area contributed by atoms with Gasteiger partial charge < -0.3 is 34.3 Å². The van der Waals surface area contributed by atoms with Gasteiger partial charge in [-0.1, -0.05) is 11.6 Å². The molecule has 32 heavy (non-hydrogen) atoms. The Hall–Kier alpha value is -1.58. The predicted octanol–water partition coefficient (Wildman–Crippen LogP) is 2.46. The average Bonchev–Trinajstić information content (AvgIpc) is 3.05. The number of aliphatic hydroxyl groups is 1. The summed E-state index contributed by atoms with van der Waals surface area (Å²) in [4.78, 5) is 15.1. The van der Waals surface area contributed by atoms with Gasteiger partial charge in [0.15, 0.2) is 17.3 Å². The predicted molar refractivity (Wildman–Crippen MR) is 119 cm³/mol. The van der Waals surface area contributed by atoms with Crippen molar-refractivity contribution in [2.45, 2.75) is 44.5 Å². The highest BCUT2D eigenvalue weighted by molar-refractivity contribution is 6.31. The Kier molecular flexibility index (Phi) is 7.78. The van der Waals surface area contributed by atoms with E-state index in [2.05, 4.69) is 10.2 Å². The highest BCUT2D eigenvalue weighted by atomic mass is 35.5. The number of amides is 1. The summed E-state index contributed by atoms with van der Waals surface area (Å²) in [6.45, 7) is 7.09. The third-order valence-corrected chi connectivity index (χ3v) is 6.61. The van der Waals surface area contributed by atoms with Crippen LogP contribution in [0.15, 0.2) is 12.1 Å². The molecule has 1 unspecified atom stereocenters. The average molecular weight is 469 g/mol. The molecule has 3 heterocycles. The number of hydrogen-bond acceptors (Lipinski definition) is 7. The first-order valence-electron chi connectivity index (χ1n) is 11.5. The lowest BCUT2D eigenvalue weighted by molar-refractivity contribution is -0.148. The maximum absolute atomic E-state index is 12.9. The van der Waals surface area contributed by atoms with Gasteiger partial charge in [-0.3, -0.25) is 4.79 Å².